The van der Waals surface area contributed by atoms with E-state index in [0.29, 0.717) is 28.5 Å². The molecule has 2 aliphatic heterocycles. The Balaban J connectivity index is 1.94. The van der Waals surface area contributed by atoms with Gasteiger partial charge in [-0.2, -0.15) is 0 Å². The van der Waals surface area contributed by atoms with Crippen molar-refractivity contribution in [2.45, 2.75) is 31.8 Å². The topological polar surface area (TPSA) is 55.8 Å². The Morgan fingerprint density at radius 2 is 1.78 bits per heavy atom. The molecule has 2 bridgehead atoms. The molecular formula is C19H22FNO4S2. The van der Waals surface area contributed by atoms with E-state index in [2.05, 4.69) is 4.90 Å². The fraction of sp³-hybridized carbons (Fsp3) is 0.474. The molecule has 2 unspecified atom stereocenters. The molecule has 27 heavy (non-hydrogen) atoms. The molecule has 2 atom stereocenters. The minimum Gasteiger partial charge on any atom is -0.463 e. The van der Waals surface area contributed by atoms with Gasteiger partial charge in [0.15, 0.2) is 0 Å². The van der Waals surface area contributed by atoms with Crippen molar-refractivity contribution >= 4 is 35.5 Å². The highest BCUT2D eigenvalue weighted by Crippen LogP contribution is 2.43. The van der Waals surface area contributed by atoms with Crippen LogP contribution in [-0.2, 0) is 25.6 Å². The van der Waals surface area contributed by atoms with Crippen molar-refractivity contribution < 1.29 is 23.5 Å². The zero-order chi connectivity index (χ0) is 19.4. The van der Waals surface area contributed by atoms with E-state index in [9.17, 15) is 14.0 Å². The first-order valence-corrected chi connectivity index (χ1v) is 10.9. The third-order valence-corrected chi connectivity index (χ3v) is 7.10. The van der Waals surface area contributed by atoms with Crippen LogP contribution in [0.4, 0.5) is 4.39 Å². The van der Waals surface area contributed by atoms with Crippen molar-refractivity contribution in [2.24, 2.45) is 0 Å². The summed E-state index contributed by atoms with van der Waals surface area (Å²) in [6.07, 6.45) is 0. The summed E-state index contributed by atoms with van der Waals surface area (Å²) in [5.74, 6) is 0.150. The molecule has 1 fully saturated rings. The van der Waals surface area contributed by atoms with E-state index in [4.69, 9.17) is 9.47 Å². The van der Waals surface area contributed by atoms with Gasteiger partial charge in [-0.3, -0.25) is 4.90 Å². The molecule has 5 nitrogen and oxygen atoms in total. The van der Waals surface area contributed by atoms with Crippen molar-refractivity contribution in [3.63, 3.8) is 0 Å². The molecule has 1 aromatic rings. The number of nitrogens with zero attached hydrogens (tertiary/aromatic N) is 1. The van der Waals surface area contributed by atoms with Gasteiger partial charge in [0, 0.05) is 18.1 Å². The number of fused-ring (bicyclic) bond motifs is 2. The number of halogens is 1. The van der Waals surface area contributed by atoms with Gasteiger partial charge in [0.25, 0.3) is 0 Å². The predicted octanol–water partition coefficient (Wildman–Crippen LogP) is 3.20. The van der Waals surface area contributed by atoms with Crippen molar-refractivity contribution in [2.75, 3.05) is 24.7 Å². The van der Waals surface area contributed by atoms with E-state index < -0.39 is 11.9 Å². The molecule has 0 aliphatic carbocycles. The molecule has 146 valence electrons. The summed E-state index contributed by atoms with van der Waals surface area (Å²) in [6.45, 7) is 4.55. The Labute approximate surface area is 166 Å². The van der Waals surface area contributed by atoms with Crippen molar-refractivity contribution in [1.29, 1.82) is 0 Å². The Morgan fingerprint density at radius 1 is 1.11 bits per heavy atom. The number of ether oxygens (including phenoxy) is 2. The normalized spacial score (nSPS) is 22.5. The number of esters is 2. The number of rotatable bonds is 6. The van der Waals surface area contributed by atoms with Crippen molar-refractivity contribution in [3.8, 4) is 0 Å². The maximum atomic E-state index is 13.2. The van der Waals surface area contributed by atoms with Crippen LogP contribution in [0.25, 0.3) is 0 Å². The lowest BCUT2D eigenvalue weighted by Crippen LogP contribution is -2.39. The number of hydrogen-bond acceptors (Lipinski definition) is 7. The van der Waals surface area contributed by atoms with E-state index in [1.54, 1.807) is 37.7 Å². The molecule has 1 saturated heterocycles. The van der Waals surface area contributed by atoms with Crippen LogP contribution in [0, 0.1) is 5.82 Å². The summed E-state index contributed by atoms with van der Waals surface area (Å²) < 4.78 is 23.7. The average molecular weight is 412 g/mol. The summed E-state index contributed by atoms with van der Waals surface area (Å²) >= 11 is 3.12. The first-order chi connectivity index (χ1) is 13.0. The van der Waals surface area contributed by atoms with Gasteiger partial charge >= 0.3 is 11.9 Å². The van der Waals surface area contributed by atoms with Crippen LogP contribution in [0.2, 0.25) is 0 Å². The van der Waals surface area contributed by atoms with Gasteiger partial charge in [-0.05, 0) is 31.5 Å². The monoisotopic (exact) mass is 411 g/mol. The first kappa shape index (κ1) is 20.2. The first-order valence-electron chi connectivity index (χ1n) is 8.88. The minimum atomic E-state index is -0.468. The molecule has 0 amide bonds. The number of hydrogen-bond donors (Lipinski definition) is 0. The fourth-order valence-electron chi connectivity index (χ4n) is 3.19. The summed E-state index contributed by atoms with van der Waals surface area (Å²) in [4.78, 5) is 27.7. The highest BCUT2D eigenvalue weighted by Gasteiger charge is 2.44. The highest BCUT2D eigenvalue weighted by molar-refractivity contribution is 8.06. The van der Waals surface area contributed by atoms with E-state index >= 15 is 0 Å². The third-order valence-electron chi connectivity index (χ3n) is 4.40. The van der Waals surface area contributed by atoms with Gasteiger partial charge < -0.3 is 9.47 Å². The lowest BCUT2D eigenvalue weighted by atomic mass is 10.1. The van der Waals surface area contributed by atoms with Gasteiger partial charge in [-0.15, -0.1) is 23.5 Å². The molecule has 0 aromatic heterocycles. The van der Waals surface area contributed by atoms with Crippen LogP contribution < -0.4 is 0 Å². The summed E-state index contributed by atoms with van der Waals surface area (Å²) in [5, 5.41) is 0.154. The molecule has 2 aliphatic rings. The predicted molar refractivity (Wildman–Crippen MR) is 105 cm³/mol. The minimum absolute atomic E-state index is 0.154. The number of thioether (sulfide) groups is 2. The number of carbonyl (C=O) groups excluding carboxylic acids is 2. The van der Waals surface area contributed by atoms with Crippen molar-refractivity contribution in [1.82, 2.24) is 4.90 Å². The van der Waals surface area contributed by atoms with Crippen LogP contribution >= 0.6 is 23.5 Å². The summed E-state index contributed by atoms with van der Waals surface area (Å²) in [5.41, 5.74) is 1.34. The van der Waals surface area contributed by atoms with Crippen LogP contribution in [0.5, 0.6) is 0 Å². The lowest BCUT2D eigenvalue weighted by Gasteiger charge is -2.28. The molecule has 8 heteroatoms. The van der Waals surface area contributed by atoms with Gasteiger partial charge in [0.05, 0.1) is 30.2 Å². The number of benzene rings is 1. The summed E-state index contributed by atoms with van der Waals surface area (Å²) in [6, 6.07) is 6.12. The van der Waals surface area contributed by atoms with Gasteiger partial charge in [-0.25, -0.2) is 14.0 Å². The quantitative estimate of drug-likeness (QED) is 0.667. The van der Waals surface area contributed by atoms with Gasteiger partial charge in [0.2, 0.25) is 0 Å². The molecule has 0 spiro atoms. The zero-order valence-electron chi connectivity index (χ0n) is 15.3. The van der Waals surface area contributed by atoms with E-state index in [1.165, 1.54) is 23.9 Å². The number of carbonyl (C=O) groups is 2. The van der Waals surface area contributed by atoms with Crippen LogP contribution in [0.15, 0.2) is 34.7 Å². The lowest BCUT2D eigenvalue weighted by molar-refractivity contribution is -0.141. The Hall–Kier alpha value is -1.51. The van der Waals surface area contributed by atoms with E-state index in [0.717, 1.165) is 5.56 Å². The second-order valence-corrected chi connectivity index (χ2v) is 8.34. The molecule has 0 radical (unpaired) electrons. The summed E-state index contributed by atoms with van der Waals surface area (Å²) in [7, 11) is 0. The molecule has 3 rings (SSSR count). The second-order valence-electron chi connectivity index (χ2n) is 6.10. The van der Waals surface area contributed by atoms with Gasteiger partial charge in [-0.1, -0.05) is 12.1 Å². The molecular weight excluding hydrogens is 389 g/mol. The van der Waals surface area contributed by atoms with E-state index in [1.807, 2.05) is 0 Å². The maximum absolute atomic E-state index is 13.2. The van der Waals surface area contributed by atoms with Crippen molar-refractivity contribution in [3.05, 3.63) is 46.1 Å². The van der Waals surface area contributed by atoms with E-state index in [-0.39, 0.29) is 30.4 Å². The molecule has 2 heterocycles. The third kappa shape index (κ3) is 4.50. The second kappa shape index (κ2) is 9.12. The van der Waals surface area contributed by atoms with Crippen LogP contribution in [0.1, 0.15) is 19.4 Å². The van der Waals surface area contributed by atoms with Gasteiger partial charge in [0.1, 0.15) is 10.7 Å². The highest BCUT2D eigenvalue weighted by atomic mass is 32.2. The largest absolute Gasteiger partial charge is 0.463 e. The SMILES string of the molecule is CCOC(=O)C1=C(C(=O)OCC)C2CSC(CS1)N2Cc1ccc(F)cc1. The standard InChI is InChI=1S/C19H22FNO4S2/c1-3-24-18(22)16-14-10-26-15(11-27-17(16)19(23)25-4-2)21(14)9-12-5-7-13(20)8-6-12/h5-8,14-15H,3-4,9-11H2,1-2H3. The van der Waals surface area contributed by atoms with Crippen LogP contribution in [-0.4, -0.2) is 53.0 Å². The molecule has 1 aromatic carbocycles. The fourth-order valence-corrected chi connectivity index (χ4v) is 6.00. The van der Waals surface area contributed by atoms with Crippen LogP contribution in [0.3, 0.4) is 0 Å². The Bertz CT molecular complexity index is 738. The average Bonchev–Trinajstić information content (AvgIpc) is 2.93. The molecule has 0 saturated carbocycles. The maximum Gasteiger partial charge on any atom is 0.345 e. The Morgan fingerprint density at radius 3 is 2.44 bits per heavy atom. The Kier molecular flexibility index (Phi) is 6.83. The molecule has 0 N–H and O–H groups in total. The zero-order valence-corrected chi connectivity index (χ0v) is 16.9. The smallest absolute Gasteiger partial charge is 0.345 e.